The van der Waals surface area contributed by atoms with E-state index in [-0.39, 0.29) is 5.60 Å². The number of hydrogen-bond donors (Lipinski definition) is 1. The molecule has 1 saturated carbocycles. The lowest BCUT2D eigenvalue weighted by Crippen LogP contribution is -2.21. The number of aryl methyl sites for hydroxylation is 1. The van der Waals surface area contributed by atoms with Crippen LogP contribution in [0.2, 0.25) is 0 Å². The summed E-state index contributed by atoms with van der Waals surface area (Å²) in [5.41, 5.74) is 3.61. The fourth-order valence-electron chi connectivity index (χ4n) is 2.80. The first kappa shape index (κ1) is 11.1. The molecule has 1 saturated heterocycles. The number of nitrogens with zero attached hydrogens (tertiary/aromatic N) is 1. The normalized spacial score (nSPS) is 21.9. The molecule has 2 nitrogen and oxygen atoms in total. The Balaban J connectivity index is 1.89. The summed E-state index contributed by atoms with van der Waals surface area (Å²) >= 11 is 0. The van der Waals surface area contributed by atoms with Crippen LogP contribution in [0, 0.1) is 6.92 Å². The molecule has 0 unspecified atom stereocenters. The van der Waals surface area contributed by atoms with Gasteiger partial charge in [0.1, 0.15) is 0 Å². The third-order valence-electron chi connectivity index (χ3n) is 4.03. The van der Waals surface area contributed by atoms with Crippen molar-refractivity contribution in [1.82, 2.24) is 0 Å². The monoisotopic (exact) mass is 231 g/mol. The highest BCUT2D eigenvalue weighted by Crippen LogP contribution is 2.40. The minimum atomic E-state index is -0.387. The van der Waals surface area contributed by atoms with E-state index in [2.05, 4.69) is 30.0 Å². The van der Waals surface area contributed by atoms with Gasteiger partial charge in [0.2, 0.25) is 0 Å². The van der Waals surface area contributed by atoms with Gasteiger partial charge in [0, 0.05) is 25.2 Å². The van der Waals surface area contributed by atoms with E-state index in [9.17, 15) is 5.11 Å². The first-order chi connectivity index (χ1) is 8.16. The van der Waals surface area contributed by atoms with Crippen LogP contribution in [-0.2, 0) is 6.42 Å². The third kappa shape index (κ3) is 2.32. The summed E-state index contributed by atoms with van der Waals surface area (Å²) in [6.45, 7) is 4.48. The van der Waals surface area contributed by atoms with Crippen LogP contribution in [-0.4, -0.2) is 23.8 Å². The van der Waals surface area contributed by atoms with Crippen LogP contribution in [0.15, 0.2) is 18.2 Å². The van der Waals surface area contributed by atoms with Gasteiger partial charge in [-0.2, -0.15) is 0 Å². The van der Waals surface area contributed by atoms with E-state index < -0.39 is 0 Å². The number of hydrogen-bond acceptors (Lipinski definition) is 2. The SMILES string of the molecule is Cc1ccc(N2CCCC2)c(CC2(O)CC2)c1. The summed E-state index contributed by atoms with van der Waals surface area (Å²) in [7, 11) is 0. The summed E-state index contributed by atoms with van der Waals surface area (Å²) in [6, 6.07) is 6.68. The highest BCUT2D eigenvalue weighted by atomic mass is 16.3. The lowest BCUT2D eigenvalue weighted by atomic mass is 10.0. The van der Waals surface area contributed by atoms with Gasteiger partial charge in [-0.1, -0.05) is 17.7 Å². The topological polar surface area (TPSA) is 23.5 Å². The Hall–Kier alpha value is -1.02. The number of rotatable bonds is 3. The molecule has 3 rings (SSSR count). The molecule has 0 radical (unpaired) electrons. The third-order valence-corrected chi connectivity index (χ3v) is 4.03. The first-order valence-electron chi connectivity index (χ1n) is 6.73. The van der Waals surface area contributed by atoms with E-state index in [1.165, 1.54) is 42.7 Å². The smallest absolute Gasteiger partial charge is 0.0690 e. The van der Waals surface area contributed by atoms with Gasteiger partial charge in [0.25, 0.3) is 0 Å². The maximum absolute atomic E-state index is 10.1. The van der Waals surface area contributed by atoms with E-state index in [1.54, 1.807) is 0 Å². The van der Waals surface area contributed by atoms with Crippen LogP contribution in [0.25, 0.3) is 0 Å². The fraction of sp³-hybridized carbons (Fsp3) is 0.600. The molecule has 0 amide bonds. The minimum Gasteiger partial charge on any atom is -0.390 e. The second-order valence-electron chi connectivity index (χ2n) is 5.73. The fourth-order valence-corrected chi connectivity index (χ4v) is 2.80. The van der Waals surface area contributed by atoms with Gasteiger partial charge < -0.3 is 10.0 Å². The lowest BCUT2D eigenvalue weighted by molar-refractivity contribution is 0.151. The Morgan fingerprint density at radius 3 is 2.59 bits per heavy atom. The molecule has 1 aromatic rings. The van der Waals surface area contributed by atoms with Gasteiger partial charge >= 0.3 is 0 Å². The molecular formula is C15H21NO. The van der Waals surface area contributed by atoms with Crippen LogP contribution in [0.4, 0.5) is 5.69 Å². The Bertz CT molecular complexity index is 417. The second kappa shape index (κ2) is 4.02. The van der Waals surface area contributed by atoms with Crippen LogP contribution in [0.3, 0.4) is 0 Å². The van der Waals surface area contributed by atoms with E-state index in [0.717, 1.165) is 19.3 Å². The minimum absolute atomic E-state index is 0.387. The molecule has 2 fully saturated rings. The molecule has 1 aliphatic carbocycles. The molecular weight excluding hydrogens is 210 g/mol. The van der Waals surface area contributed by atoms with Gasteiger partial charge in [-0.15, -0.1) is 0 Å². The summed E-state index contributed by atoms with van der Waals surface area (Å²) in [4.78, 5) is 2.47. The molecule has 1 aliphatic heterocycles. The zero-order valence-corrected chi connectivity index (χ0v) is 10.6. The zero-order valence-electron chi connectivity index (χ0n) is 10.6. The van der Waals surface area contributed by atoms with Crippen LogP contribution < -0.4 is 4.90 Å². The molecule has 2 heteroatoms. The van der Waals surface area contributed by atoms with Crippen LogP contribution >= 0.6 is 0 Å². The Kier molecular flexibility index (Phi) is 2.62. The van der Waals surface area contributed by atoms with Crippen molar-refractivity contribution in [2.45, 2.75) is 44.6 Å². The zero-order chi connectivity index (χ0) is 11.9. The van der Waals surface area contributed by atoms with Crippen molar-refractivity contribution in [2.75, 3.05) is 18.0 Å². The first-order valence-corrected chi connectivity index (χ1v) is 6.73. The highest BCUT2D eigenvalue weighted by molar-refractivity contribution is 5.56. The number of aliphatic hydroxyl groups is 1. The van der Waals surface area contributed by atoms with Crippen molar-refractivity contribution >= 4 is 5.69 Å². The van der Waals surface area contributed by atoms with Crippen LogP contribution in [0.1, 0.15) is 36.8 Å². The molecule has 2 aliphatic rings. The summed E-state index contributed by atoms with van der Waals surface area (Å²) in [5, 5.41) is 10.1. The highest BCUT2D eigenvalue weighted by Gasteiger charge is 2.40. The van der Waals surface area contributed by atoms with E-state index in [4.69, 9.17) is 0 Å². The predicted octanol–water partition coefficient (Wildman–Crippen LogP) is 2.66. The maximum atomic E-state index is 10.1. The summed E-state index contributed by atoms with van der Waals surface area (Å²) in [6.07, 6.45) is 5.39. The van der Waals surface area contributed by atoms with Crippen molar-refractivity contribution < 1.29 is 5.11 Å². The average molecular weight is 231 g/mol. The molecule has 0 spiro atoms. The van der Waals surface area contributed by atoms with E-state index in [0.29, 0.717) is 0 Å². The molecule has 1 aromatic carbocycles. The van der Waals surface area contributed by atoms with Crippen molar-refractivity contribution in [2.24, 2.45) is 0 Å². The van der Waals surface area contributed by atoms with Crippen molar-refractivity contribution in [1.29, 1.82) is 0 Å². The van der Waals surface area contributed by atoms with Crippen molar-refractivity contribution in [3.8, 4) is 0 Å². The molecule has 17 heavy (non-hydrogen) atoms. The molecule has 0 aromatic heterocycles. The standard InChI is InChI=1S/C15H21NO/c1-12-4-5-14(16-8-2-3-9-16)13(10-12)11-15(17)6-7-15/h4-5,10,17H,2-3,6-9,11H2,1H3. The Morgan fingerprint density at radius 1 is 1.24 bits per heavy atom. The predicted molar refractivity (Wildman–Crippen MR) is 70.5 cm³/mol. The van der Waals surface area contributed by atoms with Gasteiger partial charge in [-0.05, 0) is 44.2 Å². The molecule has 1 heterocycles. The van der Waals surface area contributed by atoms with E-state index in [1.807, 2.05) is 0 Å². The summed E-state index contributed by atoms with van der Waals surface area (Å²) in [5.74, 6) is 0. The van der Waals surface area contributed by atoms with Gasteiger partial charge in [0.05, 0.1) is 5.60 Å². The maximum Gasteiger partial charge on any atom is 0.0690 e. The molecule has 1 N–H and O–H groups in total. The number of anilines is 1. The van der Waals surface area contributed by atoms with Gasteiger partial charge in [0.15, 0.2) is 0 Å². The van der Waals surface area contributed by atoms with Crippen LogP contribution in [0.5, 0.6) is 0 Å². The quantitative estimate of drug-likeness (QED) is 0.864. The molecule has 0 atom stereocenters. The van der Waals surface area contributed by atoms with Gasteiger partial charge in [-0.3, -0.25) is 0 Å². The summed E-state index contributed by atoms with van der Waals surface area (Å²) < 4.78 is 0. The molecule has 92 valence electrons. The van der Waals surface area contributed by atoms with Crippen molar-refractivity contribution in [3.05, 3.63) is 29.3 Å². The second-order valence-corrected chi connectivity index (χ2v) is 5.73. The van der Waals surface area contributed by atoms with Gasteiger partial charge in [-0.25, -0.2) is 0 Å². The average Bonchev–Trinajstić information content (AvgIpc) is 2.81. The van der Waals surface area contributed by atoms with E-state index >= 15 is 0 Å². The largest absolute Gasteiger partial charge is 0.390 e. The lowest BCUT2D eigenvalue weighted by Gasteiger charge is -2.23. The Labute approximate surface area is 103 Å². The Morgan fingerprint density at radius 2 is 1.94 bits per heavy atom. The molecule has 0 bridgehead atoms. The number of benzene rings is 1. The van der Waals surface area contributed by atoms with Crippen molar-refractivity contribution in [3.63, 3.8) is 0 Å².